The third-order valence-electron chi connectivity index (χ3n) is 3.61. The van der Waals surface area contributed by atoms with E-state index in [1.807, 2.05) is 24.3 Å². The fourth-order valence-electron chi connectivity index (χ4n) is 2.41. The van der Waals surface area contributed by atoms with Crippen LogP contribution in [0.1, 0.15) is 11.3 Å². The Morgan fingerprint density at radius 1 is 1.12 bits per heavy atom. The summed E-state index contributed by atoms with van der Waals surface area (Å²) >= 11 is 1.38. The van der Waals surface area contributed by atoms with Gasteiger partial charge in [-0.05, 0) is 23.8 Å². The van der Waals surface area contributed by atoms with Crippen LogP contribution in [0.25, 0.3) is 16.5 Å². The summed E-state index contributed by atoms with van der Waals surface area (Å²) < 4.78 is 1.52. The second-order valence-electron chi connectivity index (χ2n) is 5.24. The summed E-state index contributed by atoms with van der Waals surface area (Å²) in [5.74, 6) is 0.817. The van der Waals surface area contributed by atoms with Gasteiger partial charge in [-0.1, -0.05) is 18.2 Å². The van der Waals surface area contributed by atoms with E-state index in [4.69, 9.17) is 11.5 Å². The van der Waals surface area contributed by atoms with E-state index in [-0.39, 0.29) is 11.3 Å². The molecule has 120 valence electrons. The van der Waals surface area contributed by atoms with E-state index >= 15 is 0 Å². The molecule has 0 saturated carbocycles. The fourth-order valence-corrected chi connectivity index (χ4v) is 3.15. The van der Waals surface area contributed by atoms with Gasteiger partial charge in [-0.25, -0.2) is 0 Å². The summed E-state index contributed by atoms with van der Waals surface area (Å²) in [6.45, 7) is 0. The average Bonchev–Trinajstić information content (AvgIpc) is 3.15. The molecule has 0 bridgehead atoms. The van der Waals surface area contributed by atoms with Crippen molar-refractivity contribution >= 4 is 27.8 Å². The molecule has 0 aliphatic heterocycles. The number of hydrogen-bond donors (Lipinski definition) is 3. The van der Waals surface area contributed by atoms with E-state index in [1.165, 1.54) is 15.9 Å². The Labute approximate surface area is 139 Å². The van der Waals surface area contributed by atoms with Crippen LogP contribution in [0.3, 0.4) is 0 Å². The van der Waals surface area contributed by atoms with Crippen LogP contribution in [0, 0.1) is 0 Å². The Morgan fingerprint density at radius 2 is 1.96 bits per heavy atom. The molecule has 0 unspecified atom stereocenters. The van der Waals surface area contributed by atoms with Crippen LogP contribution in [0.15, 0.2) is 41.2 Å². The zero-order chi connectivity index (χ0) is 16.7. The average molecular weight is 339 g/mol. The number of nitrogens with two attached hydrogens (primary N) is 2. The molecular formula is C15H13N7OS. The molecule has 4 rings (SSSR count). The number of H-pyrrole nitrogens is 1. The van der Waals surface area contributed by atoms with Gasteiger partial charge in [0.05, 0.1) is 9.88 Å². The summed E-state index contributed by atoms with van der Waals surface area (Å²) in [4.78, 5) is 15.8. The predicted octanol–water partition coefficient (Wildman–Crippen LogP) is 1.30. The number of aromatic amines is 1. The van der Waals surface area contributed by atoms with Crippen LogP contribution in [-0.4, -0.2) is 24.8 Å². The van der Waals surface area contributed by atoms with Gasteiger partial charge in [0.25, 0.3) is 11.3 Å². The van der Waals surface area contributed by atoms with Gasteiger partial charge in [-0.3, -0.25) is 9.78 Å². The van der Waals surface area contributed by atoms with Crippen molar-refractivity contribution in [2.45, 2.75) is 6.42 Å². The molecule has 0 spiro atoms. The lowest BCUT2D eigenvalue weighted by Crippen LogP contribution is -2.19. The fraction of sp³-hybridized carbons (Fsp3) is 0.0667. The largest absolute Gasteiger partial charge is 0.398 e. The summed E-state index contributed by atoms with van der Waals surface area (Å²) in [7, 11) is 0. The van der Waals surface area contributed by atoms with Crippen LogP contribution in [0.5, 0.6) is 0 Å². The number of nitrogens with zero attached hydrogens (tertiary/aromatic N) is 4. The zero-order valence-electron chi connectivity index (χ0n) is 12.4. The monoisotopic (exact) mass is 339 g/mol. The smallest absolute Gasteiger partial charge is 0.274 e. The van der Waals surface area contributed by atoms with Gasteiger partial charge in [0.1, 0.15) is 5.69 Å². The van der Waals surface area contributed by atoms with Crippen molar-refractivity contribution in [1.29, 1.82) is 0 Å². The van der Waals surface area contributed by atoms with Crippen molar-refractivity contribution in [3.63, 3.8) is 0 Å². The Kier molecular flexibility index (Phi) is 3.28. The lowest BCUT2D eigenvalue weighted by molar-refractivity contribution is 0.830. The minimum atomic E-state index is -0.310. The van der Waals surface area contributed by atoms with Gasteiger partial charge in [-0.2, -0.15) is 9.61 Å². The molecule has 0 atom stereocenters. The molecule has 3 heterocycles. The molecule has 5 N–H and O–H groups in total. The lowest BCUT2D eigenvalue weighted by atomic mass is 10.1. The summed E-state index contributed by atoms with van der Waals surface area (Å²) in [6.07, 6.45) is 0.322. The third-order valence-corrected chi connectivity index (χ3v) is 4.52. The van der Waals surface area contributed by atoms with Crippen LogP contribution in [0.4, 0.5) is 10.7 Å². The molecule has 0 amide bonds. The van der Waals surface area contributed by atoms with Crippen molar-refractivity contribution in [1.82, 2.24) is 24.8 Å². The molecule has 0 aliphatic carbocycles. The minimum absolute atomic E-state index is 0.284. The number of rotatable bonds is 3. The number of para-hydroxylation sites is 1. The van der Waals surface area contributed by atoms with Crippen LogP contribution in [-0.2, 0) is 6.42 Å². The van der Waals surface area contributed by atoms with E-state index in [9.17, 15) is 4.79 Å². The maximum absolute atomic E-state index is 12.2. The van der Waals surface area contributed by atoms with Crippen molar-refractivity contribution in [3.8, 4) is 10.7 Å². The molecule has 0 aliphatic rings. The topological polar surface area (TPSA) is 128 Å². The number of aromatic nitrogens is 5. The van der Waals surface area contributed by atoms with Gasteiger partial charge in [0.2, 0.25) is 0 Å². The van der Waals surface area contributed by atoms with Crippen molar-refractivity contribution < 1.29 is 0 Å². The molecule has 1 aromatic carbocycles. The number of hydrogen-bond acceptors (Lipinski definition) is 7. The number of nitrogen functional groups attached to an aromatic ring is 2. The Bertz CT molecular complexity index is 1090. The molecule has 0 saturated heterocycles. The highest BCUT2D eigenvalue weighted by atomic mass is 32.1. The second kappa shape index (κ2) is 5.46. The first-order valence-electron chi connectivity index (χ1n) is 7.15. The van der Waals surface area contributed by atoms with E-state index in [2.05, 4.69) is 20.3 Å². The highest BCUT2D eigenvalue weighted by Crippen LogP contribution is 2.27. The van der Waals surface area contributed by atoms with E-state index in [1.54, 1.807) is 12.1 Å². The molecule has 8 nitrogen and oxygen atoms in total. The van der Waals surface area contributed by atoms with Gasteiger partial charge < -0.3 is 11.5 Å². The molecule has 24 heavy (non-hydrogen) atoms. The van der Waals surface area contributed by atoms with Gasteiger partial charge >= 0.3 is 0 Å². The number of anilines is 2. The lowest BCUT2D eigenvalue weighted by Gasteiger charge is -2.05. The maximum Gasteiger partial charge on any atom is 0.274 e. The normalized spacial score (nSPS) is 11.2. The minimum Gasteiger partial charge on any atom is -0.398 e. The third kappa shape index (κ3) is 2.40. The zero-order valence-corrected chi connectivity index (χ0v) is 13.2. The highest BCUT2D eigenvalue weighted by Gasteiger charge is 2.15. The number of fused-ring (bicyclic) bond motifs is 1. The molecular weight excluding hydrogens is 326 g/mol. The quantitative estimate of drug-likeness (QED) is 0.483. The first-order valence-corrected chi connectivity index (χ1v) is 7.97. The SMILES string of the molecule is Nc1ccc(-c2nnc3[nH]c(=O)c(Cc4ccccc4N)nn23)s1. The molecule has 0 radical (unpaired) electrons. The van der Waals surface area contributed by atoms with Gasteiger partial charge in [0, 0.05) is 12.1 Å². The first-order chi connectivity index (χ1) is 11.6. The molecule has 4 aromatic rings. The molecule has 9 heteroatoms. The summed E-state index contributed by atoms with van der Waals surface area (Å²) in [5.41, 5.74) is 13.2. The van der Waals surface area contributed by atoms with E-state index in [0.717, 1.165) is 10.4 Å². The highest BCUT2D eigenvalue weighted by molar-refractivity contribution is 7.19. The number of nitrogens with one attached hydrogen (secondary N) is 1. The molecule has 3 aromatic heterocycles. The van der Waals surface area contributed by atoms with Gasteiger partial charge in [0.15, 0.2) is 5.82 Å². The maximum atomic E-state index is 12.2. The molecule has 0 fully saturated rings. The van der Waals surface area contributed by atoms with E-state index in [0.29, 0.717) is 28.6 Å². The summed E-state index contributed by atoms with van der Waals surface area (Å²) in [6, 6.07) is 11.0. The van der Waals surface area contributed by atoms with Gasteiger partial charge in [-0.15, -0.1) is 21.5 Å². The van der Waals surface area contributed by atoms with Crippen molar-refractivity contribution in [2.24, 2.45) is 0 Å². The number of thiophene rings is 1. The van der Waals surface area contributed by atoms with Crippen molar-refractivity contribution in [2.75, 3.05) is 11.5 Å². The van der Waals surface area contributed by atoms with Crippen LogP contribution < -0.4 is 17.0 Å². The Hall–Kier alpha value is -3.20. The van der Waals surface area contributed by atoms with E-state index < -0.39 is 0 Å². The van der Waals surface area contributed by atoms with Crippen LogP contribution in [0.2, 0.25) is 0 Å². The summed E-state index contributed by atoms with van der Waals surface area (Å²) in [5, 5.41) is 13.1. The van der Waals surface area contributed by atoms with Crippen molar-refractivity contribution in [3.05, 3.63) is 58.0 Å². The second-order valence-corrected chi connectivity index (χ2v) is 6.35. The van der Waals surface area contributed by atoms with Crippen LogP contribution >= 0.6 is 11.3 Å². The predicted molar refractivity (Wildman–Crippen MR) is 92.8 cm³/mol. The number of benzene rings is 1. The Balaban J connectivity index is 1.83. The standard InChI is InChI=1S/C15H13N7OS/c16-9-4-2-1-3-8(9)7-10-14(23)18-15-20-19-13(22(15)21-10)11-5-6-12(17)24-11/h1-6H,7,16-17H2,(H,18,20,23). The Morgan fingerprint density at radius 3 is 2.71 bits per heavy atom. The first kappa shape index (κ1) is 14.4.